The summed E-state index contributed by atoms with van der Waals surface area (Å²) in [5.74, 6) is -1.44. The van der Waals surface area contributed by atoms with Crippen molar-refractivity contribution in [3.63, 3.8) is 0 Å². The molecule has 0 aliphatic carbocycles. The fourth-order valence-corrected chi connectivity index (χ4v) is 1.18. The Hall–Kier alpha value is -2.50. The highest BCUT2D eigenvalue weighted by atomic mass is 16.2. The fraction of sp³-hybridized carbons (Fsp3) is 0.167. The number of carbonyl (C=O) groups is 2. The lowest BCUT2D eigenvalue weighted by Crippen LogP contribution is -2.43. The van der Waals surface area contributed by atoms with Crippen LogP contribution < -0.4 is 21.5 Å². The Morgan fingerprint density at radius 1 is 1.06 bits per heavy atom. The Morgan fingerprint density at radius 2 is 1.72 bits per heavy atom. The van der Waals surface area contributed by atoms with Gasteiger partial charge in [-0.2, -0.15) is 0 Å². The fourth-order valence-electron chi connectivity index (χ4n) is 1.18. The quantitative estimate of drug-likeness (QED) is 0.449. The molecular weight excluding hydrogens is 232 g/mol. The van der Waals surface area contributed by atoms with E-state index in [2.05, 4.69) is 21.5 Å². The normalized spacial score (nSPS) is 9.89. The largest absolute Gasteiger partial charge is 0.388 e. The van der Waals surface area contributed by atoms with Crippen LogP contribution in [0, 0.1) is 0 Å². The number of hydrazine groups is 1. The van der Waals surface area contributed by atoms with E-state index in [1.807, 2.05) is 31.3 Å². The van der Waals surface area contributed by atoms with E-state index in [1.54, 1.807) is 6.08 Å². The van der Waals surface area contributed by atoms with Crippen molar-refractivity contribution < 1.29 is 9.59 Å². The van der Waals surface area contributed by atoms with E-state index in [1.165, 1.54) is 13.2 Å². The maximum atomic E-state index is 11.0. The molecule has 0 heterocycles. The standard InChI is InChI=1S/C12H16N4O2/c1-13-10-5-3-9(4-6-10)7-8-15-16-12(18)11(17)14-2/h3-8,13,15H,1-2H3,(H,14,17)(H,16,18)/b8-7+. The number of amides is 2. The number of benzene rings is 1. The molecule has 0 saturated heterocycles. The summed E-state index contributed by atoms with van der Waals surface area (Å²) in [7, 11) is 3.24. The minimum atomic E-state index is -0.743. The minimum absolute atomic E-state index is 0.700. The SMILES string of the molecule is CNC(=O)C(=O)NN/C=C/c1ccc(NC)cc1. The summed E-state index contributed by atoms with van der Waals surface area (Å²) >= 11 is 0. The summed E-state index contributed by atoms with van der Waals surface area (Å²) in [6, 6.07) is 7.71. The molecule has 1 aromatic rings. The van der Waals surface area contributed by atoms with E-state index >= 15 is 0 Å². The molecule has 0 aliphatic rings. The van der Waals surface area contributed by atoms with Crippen LogP contribution >= 0.6 is 0 Å². The van der Waals surface area contributed by atoms with Crippen molar-refractivity contribution in [3.8, 4) is 0 Å². The van der Waals surface area contributed by atoms with Crippen LogP contribution in [-0.2, 0) is 9.59 Å². The third-order valence-corrected chi connectivity index (χ3v) is 2.18. The van der Waals surface area contributed by atoms with Gasteiger partial charge in [0.1, 0.15) is 0 Å². The highest BCUT2D eigenvalue weighted by Gasteiger charge is 2.08. The molecule has 1 aromatic carbocycles. The Labute approximate surface area is 105 Å². The summed E-state index contributed by atoms with van der Waals surface area (Å²) in [5, 5.41) is 5.23. The summed E-state index contributed by atoms with van der Waals surface area (Å²) in [4.78, 5) is 21.9. The van der Waals surface area contributed by atoms with E-state index in [9.17, 15) is 9.59 Å². The molecule has 6 heteroatoms. The molecule has 2 amide bonds. The summed E-state index contributed by atoms with van der Waals surface area (Å²) in [5.41, 5.74) is 6.74. The van der Waals surface area contributed by atoms with Gasteiger partial charge in [0, 0.05) is 26.0 Å². The summed E-state index contributed by atoms with van der Waals surface area (Å²) in [6.07, 6.45) is 3.30. The van der Waals surface area contributed by atoms with Crippen LogP contribution in [0.15, 0.2) is 30.5 Å². The van der Waals surface area contributed by atoms with Crippen LogP contribution in [0.25, 0.3) is 6.08 Å². The average Bonchev–Trinajstić information content (AvgIpc) is 2.43. The van der Waals surface area contributed by atoms with Crippen molar-refractivity contribution >= 4 is 23.6 Å². The second-order valence-corrected chi connectivity index (χ2v) is 3.38. The van der Waals surface area contributed by atoms with Crippen LogP contribution in [0.3, 0.4) is 0 Å². The first kappa shape index (κ1) is 13.6. The van der Waals surface area contributed by atoms with Gasteiger partial charge in [0.25, 0.3) is 0 Å². The molecule has 0 radical (unpaired) electrons. The Bertz CT molecular complexity index is 440. The van der Waals surface area contributed by atoms with Crippen LogP contribution in [0.2, 0.25) is 0 Å². The third kappa shape index (κ3) is 4.17. The number of hydrogen-bond acceptors (Lipinski definition) is 4. The van der Waals surface area contributed by atoms with Crippen LogP contribution in [-0.4, -0.2) is 25.9 Å². The van der Waals surface area contributed by atoms with Crippen molar-refractivity contribution in [2.24, 2.45) is 0 Å². The maximum absolute atomic E-state index is 11.0. The van der Waals surface area contributed by atoms with Crippen molar-refractivity contribution in [3.05, 3.63) is 36.0 Å². The zero-order chi connectivity index (χ0) is 13.4. The number of hydrogen-bond donors (Lipinski definition) is 4. The molecule has 4 N–H and O–H groups in total. The van der Waals surface area contributed by atoms with Crippen molar-refractivity contribution in [2.75, 3.05) is 19.4 Å². The van der Waals surface area contributed by atoms with Gasteiger partial charge >= 0.3 is 11.8 Å². The first-order valence-corrected chi connectivity index (χ1v) is 5.39. The molecule has 0 spiro atoms. The molecule has 0 aromatic heterocycles. The van der Waals surface area contributed by atoms with Crippen LogP contribution in [0.4, 0.5) is 5.69 Å². The van der Waals surface area contributed by atoms with E-state index < -0.39 is 11.8 Å². The number of nitrogens with one attached hydrogen (secondary N) is 4. The van der Waals surface area contributed by atoms with Crippen LogP contribution in [0.5, 0.6) is 0 Å². The molecule has 0 fully saturated rings. The first-order chi connectivity index (χ1) is 8.67. The average molecular weight is 248 g/mol. The molecule has 1 rings (SSSR count). The molecule has 0 bridgehead atoms. The number of rotatable bonds is 4. The predicted molar refractivity (Wildman–Crippen MR) is 70.4 cm³/mol. The van der Waals surface area contributed by atoms with Gasteiger partial charge < -0.3 is 16.1 Å². The van der Waals surface area contributed by atoms with Gasteiger partial charge in [0.05, 0.1) is 0 Å². The van der Waals surface area contributed by atoms with Gasteiger partial charge in [-0.25, -0.2) is 0 Å². The number of likely N-dealkylation sites (N-methyl/N-ethyl adjacent to an activating group) is 1. The maximum Gasteiger partial charge on any atom is 0.327 e. The van der Waals surface area contributed by atoms with Crippen LogP contribution in [0.1, 0.15) is 5.56 Å². The van der Waals surface area contributed by atoms with Crippen molar-refractivity contribution in [1.82, 2.24) is 16.2 Å². The lowest BCUT2D eigenvalue weighted by molar-refractivity contribution is -0.139. The van der Waals surface area contributed by atoms with Crippen molar-refractivity contribution in [2.45, 2.75) is 0 Å². The topological polar surface area (TPSA) is 82.3 Å². The number of anilines is 1. The molecular formula is C12H16N4O2. The van der Waals surface area contributed by atoms with Gasteiger partial charge in [-0.05, 0) is 23.8 Å². The third-order valence-electron chi connectivity index (χ3n) is 2.18. The zero-order valence-electron chi connectivity index (χ0n) is 10.3. The van der Waals surface area contributed by atoms with Gasteiger partial charge in [-0.3, -0.25) is 15.0 Å². The minimum Gasteiger partial charge on any atom is -0.388 e. The monoisotopic (exact) mass is 248 g/mol. The van der Waals surface area contributed by atoms with E-state index in [0.29, 0.717) is 0 Å². The molecule has 0 saturated carbocycles. The van der Waals surface area contributed by atoms with Gasteiger partial charge in [-0.1, -0.05) is 12.1 Å². The Kier molecular flexibility index (Phi) is 5.24. The number of carbonyl (C=O) groups excluding carboxylic acids is 2. The van der Waals surface area contributed by atoms with E-state index in [-0.39, 0.29) is 0 Å². The molecule has 0 atom stereocenters. The Balaban J connectivity index is 2.40. The van der Waals surface area contributed by atoms with E-state index in [0.717, 1.165) is 11.3 Å². The molecule has 0 unspecified atom stereocenters. The first-order valence-electron chi connectivity index (χ1n) is 5.39. The second kappa shape index (κ2) is 6.95. The molecule has 6 nitrogen and oxygen atoms in total. The zero-order valence-corrected chi connectivity index (χ0v) is 10.3. The second-order valence-electron chi connectivity index (χ2n) is 3.38. The van der Waals surface area contributed by atoms with Gasteiger partial charge in [0.15, 0.2) is 0 Å². The highest BCUT2D eigenvalue weighted by Crippen LogP contribution is 2.09. The lowest BCUT2D eigenvalue weighted by atomic mass is 10.2. The predicted octanol–water partition coefficient (Wildman–Crippen LogP) is 0.0658. The molecule has 0 aliphatic heterocycles. The van der Waals surface area contributed by atoms with Crippen molar-refractivity contribution in [1.29, 1.82) is 0 Å². The smallest absolute Gasteiger partial charge is 0.327 e. The van der Waals surface area contributed by atoms with Gasteiger partial charge in [0.2, 0.25) is 0 Å². The van der Waals surface area contributed by atoms with E-state index in [4.69, 9.17) is 0 Å². The summed E-state index contributed by atoms with van der Waals surface area (Å²) < 4.78 is 0. The molecule has 96 valence electrons. The lowest BCUT2D eigenvalue weighted by Gasteiger charge is -2.03. The van der Waals surface area contributed by atoms with Gasteiger partial charge in [-0.15, -0.1) is 0 Å². The Morgan fingerprint density at radius 3 is 2.28 bits per heavy atom. The summed E-state index contributed by atoms with van der Waals surface area (Å²) in [6.45, 7) is 0. The molecule has 18 heavy (non-hydrogen) atoms. The highest BCUT2D eigenvalue weighted by molar-refractivity contribution is 6.34.